The number of allylic oxidation sites excluding steroid dienone is 2. The van der Waals surface area contributed by atoms with Crippen molar-refractivity contribution in [1.29, 1.82) is 0 Å². The first-order valence-electron chi connectivity index (χ1n) is 16.4. The molecule has 0 aromatic heterocycles. The number of rotatable bonds is 22. The normalized spacial score (nSPS) is 12.9. The van der Waals surface area contributed by atoms with Crippen LogP contribution in [0.5, 0.6) is 0 Å². The third-order valence-electron chi connectivity index (χ3n) is 8.02. The van der Waals surface area contributed by atoms with Gasteiger partial charge < -0.3 is 27.0 Å². The zero-order valence-corrected chi connectivity index (χ0v) is 29.2. The Kier molecular flexibility index (Phi) is 20.6. The van der Waals surface area contributed by atoms with Crippen LogP contribution in [0.4, 0.5) is 5.69 Å². The van der Waals surface area contributed by atoms with E-state index in [9.17, 15) is 4.79 Å². The van der Waals surface area contributed by atoms with Gasteiger partial charge in [0.15, 0.2) is 0 Å². The molecule has 6 N–H and O–H groups in total. The molecule has 0 aliphatic heterocycles. The summed E-state index contributed by atoms with van der Waals surface area (Å²) in [4.78, 5) is 11.8. The zero-order chi connectivity index (χ0) is 33.7. The van der Waals surface area contributed by atoms with Crippen LogP contribution in [0, 0.1) is 23.2 Å². The monoisotopic (exact) mass is 608 g/mol. The molecule has 6 heteroatoms. The standard InChI is InChI=1S/C27H49N3O.C11H16N2/c1-11-21(6)18-26(31)29-16-14-22(7)28-17-15-24(12-2)19-27(9,10)23(8)30-25(13-3)20(4)5;1-3-10-4-6-11(7-5-10)13-9(2)8-12/h11,13,20-21,24-25,28,30H,1,3,7-8,12,14-19H2,2,4-6,9-10H3,(H,29,31);4-7,13H,2-3,8,12H2,1H3. The van der Waals surface area contributed by atoms with Crippen LogP contribution in [-0.2, 0) is 11.2 Å². The molecule has 248 valence electrons. The molecule has 0 radical (unpaired) electrons. The average molecular weight is 608 g/mol. The van der Waals surface area contributed by atoms with Crippen LogP contribution in [-0.4, -0.2) is 31.6 Å². The highest BCUT2D eigenvalue weighted by Gasteiger charge is 2.27. The van der Waals surface area contributed by atoms with Gasteiger partial charge in [-0.1, -0.05) is 98.9 Å². The molecule has 3 unspecified atom stereocenters. The number of nitrogens with two attached hydrogens (primary N) is 1. The summed E-state index contributed by atoms with van der Waals surface area (Å²) < 4.78 is 0. The van der Waals surface area contributed by atoms with Gasteiger partial charge in [0.25, 0.3) is 0 Å². The molecule has 3 atom stereocenters. The van der Waals surface area contributed by atoms with Crippen molar-refractivity contribution < 1.29 is 4.79 Å². The fraction of sp³-hybridized carbons (Fsp3) is 0.553. The third-order valence-corrected chi connectivity index (χ3v) is 8.02. The second-order valence-corrected chi connectivity index (χ2v) is 12.8. The van der Waals surface area contributed by atoms with Crippen molar-refractivity contribution in [2.24, 2.45) is 28.9 Å². The molecule has 0 aliphatic carbocycles. The predicted molar refractivity (Wildman–Crippen MR) is 194 cm³/mol. The third kappa shape index (κ3) is 17.8. The van der Waals surface area contributed by atoms with E-state index in [0.29, 0.717) is 31.3 Å². The Hall–Kier alpha value is -3.25. The van der Waals surface area contributed by atoms with Crippen molar-refractivity contribution in [3.05, 3.63) is 92.0 Å². The molecule has 0 bridgehead atoms. The Bertz CT molecular complexity index is 1020. The topological polar surface area (TPSA) is 91.2 Å². The Morgan fingerprint density at radius 3 is 2.09 bits per heavy atom. The van der Waals surface area contributed by atoms with Crippen molar-refractivity contribution in [2.75, 3.05) is 25.0 Å². The molecule has 0 heterocycles. The first-order chi connectivity index (χ1) is 20.7. The highest BCUT2D eigenvalue weighted by Crippen LogP contribution is 2.34. The summed E-state index contributed by atoms with van der Waals surface area (Å²) in [6.45, 7) is 37.2. The van der Waals surface area contributed by atoms with Gasteiger partial charge in [-0.15, -0.1) is 13.2 Å². The zero-order valence-electron chi connectivity index (χ0n) is 29.2. The number of amides is 1. The van der Waals surface area contributed by atoms with Crippen LogP contribution in [0.15, 0.2) is 86.4 Å². The van der Waals surface area contributed by atoms with E-state index in [-0.39, 0.29) is 23.3 Å². The maximum Gasteiger partial charge on any atom is 0.220 e. The number of hydrogen-bond acceptors (Lipinski definition) is 5. The lowest BCUT2D eigenvalue weighted by molar-refractivity contribution is -0.121. The minimum absolute atomic E-state index is 0.0146. The number of benzene rings is 1. The first kappa shape index (κ1) is 40.8. The summed E-state index contributed by atoms with van der Waals surface area (Å²) in [6, 6.07) is 8.54. The Labute approximate surface area is 270 Å². The van der Waals surface area contributed by atoms with Crippen LogP contribution in [0.2, 0.25) is 0 Å². The van der Waals surface area contributed by atoms with Gasteiger partial charge in [-0.25, -0.2) is 0 Å². The van der Waals surface area contributed by atoms with Crippen molar-refractivity contribution >= 4 is 11.6 Å². The molecule has 6 nitrogen and oxygen atoms in total. The Morgan fingerprint density at radius 2 is 1.59 bits per heavy atom. The molecule has 44 heavy (non-hydrogen) atoms. The lowest BCUT2D eigenvalue weighted by Gasteiger charge is -2.35. The van der Waals surface area contributed by atoms with Crippen LogP contribution < -0.4 is 27.0 Å². The maximum absolute atomic E-state index is 11.8. The summed E-state index contributed by atoms with van der Waals surface area (Å²) in [5.74, 6) is 1.36. The van der Waals surface area contributed by atoms with Gasteiger partial charge in [0, 0.05) is 66.7 Å². The molecular weight excluding hydrogens is 542 g/mol. The molecule has 1 aromatic rings. The van der Waals surface area contributed by atoms with E-state index in [4.69, 9.17) is 5.73 Å². The van der Waals surface area contributed by atoms with Crippen LogP contribution in [0.1, 0.15) is 86.1 Å². The average Bonchev–Trinajstić information content (AvgIpc) is 2.99. The van der Waals surface area contributed by atoms with E-state index in [2.05, 4.69) is 108 Å². The minimum Gasteiger partial charge on any atom is -0.389 e. The molecule has 0 fully saturated rings. The Balaban J connectivity index is 0.00000117. The minimum atomic E-state index is 0.0146. The number of carbonyl (C=O) groups excluding carboxylic acids is 1. The molecular formula is C38H65N5O. The fourth-order valence-corrected chi connectivity index (χ4v) is 4.61. The van der Waals surface area contributed by atoms with Gasteiger partial charge in [-0.3, -0.25) is 4.79 Å². The van der Waals surface area contributed by atoms with Crippen LogP contribution in [0.25, 0.3) is 0 Å². The number of anilines is 1. The molecule has 0 spiro atoms. The summed E-state index contributed by atoms with van der Waals surface area (Å²) in [6.07, 6.45) is 9.39. The number of hydrogen-bond donors (Lipinski definition) is 5. The number of carbonyl (C=O) groups is 1. The first-order valence-corrected chi connectivity index (χ1v) is 16.4. The van der Waals surface area contributed by atoms with E-state index >= 15 is 0 Å². The van der Waals surface area contributed by atoms with E-state index in [1.807, 2.05) is 25.1 Å². The number of nitrogens with one attached hydrogen (secondary N) is 4. The lowest BCUT2D eigenvalue weighted by Crippen LogP contribution is -2.37. The largest absolute Gasteiger partial charge is 0.389 e. The number of aryl methyl sites for hydroxylation is 1. The summed E-state index contributed by atoms with van der Waals surface area (Å²) in [7, 11) is 0. The van der Waals surface area contributed by atoms with Crippen molar-refractivity contribution in [3.63, 3.8) is 0 Å². The van der Waals surface area contributed by atoms with Gasteiger partial charge in [0.1, 0.15) is 0 Å². The maximum atomic E-state index is 11.8. The molecule has 0 saturated heterocycles. The van der Waals surface area contributed by atoms with E-state index in [0.717, 1.165) is 61.4 Å². The molecule has 0 aliphatic rings. The van der Waals surface area contributed by atoms with Crippen molar-refractivity contribution in [2.45, 2.75) is 93.0 Å². The lowest BCUT2D eigenvalue weighted by atomic mass is 9.78. The molecule has 1 aromatic carbocycles. The van der Waals surface area contributed by atoms with Gasteiger partial charge in [-0.2, -0.15) is 0 Å². The molecule has 0 saturated carbocycles. The highest BCUT2D eigenvalue weighted by atomic mass is 16.1. The van der Waals surface area contributed by atoms with Gasteiger partial charge >= 0.3 is 0 Å². The van der Waals surface area contributed by atoms with E-state index < -0.39 is 0 Å². The summed E-state index contributed by atoms with van der Waals surface area (Å²) >= 11 is 0. The highest BCUT2D eigenvalue weighted by molar-refractivity contribution is 5.76. The van der Waals surface area contributed by atoms with E-state index in [1.165, 1.54) is 5.56 Å². The summed E-state index contributed by atoms with van der Waals surface area (Å²) in [5, 5.41) is 13.1. The quantitative estimate of drug-likeness (QED) is 0.0860. The van der Waals surface area contributed by atoms with Gasteiger partial charge in [-0.05, 0) is 54.7 Å². The van der Waals surface area contributed by atoms with Crippen molar-refractivity contribution in [3.8, 4) is 0 Å². The molecule has 1 rings (SSSR count). The van der Waals surface area contributed by atoms with E-state index in [1.54, 1.807) is 6.08 Å². The smallest absolute Gasteiger partial charge is 0.220 e. The second kappa shape index (κ2) is 22.3. The van der Waals surface area contributed by atoms with Crippen LogP contribution >= 0.6 is 0 Å². The molecule has 1 amide bonds. The fourth-order valence-electron chi connectivity index (χ4n) is 4.61. The van der Waals surface area contributed by atoms with Crippen molar-refractivity contribution in [1.82, 2.24) is 16.0 Å². The summed E-state index contributed by atoms with van der Waals surface area (Å²) in [5.41, 5.74) is 10.7. The van der Waals surface area contributed by atoms with Gasteiger partial charge in [0.05, 0.1) is 0 Å². The van der Waals surface area contributed by atoms with Crippen LogP contribution in [0.3, 0.4) is 0 Å². The Morgan fingerprint density at radius 1 is 0.955 bits per heavy atom. The van der Waals surface area contributed by atoms with Gasteiger partial charge in [0.2, 0.25) is 5.91 Å². The SMILES string of the molecule is C=C(CN)Nc1ccc(CC)cc1.C=CC(C)CC(=O)NCCC(=C)NCCC(CC)CC(C)(C)C(=C)NC(C=C)C(C)C. The second-order valence-electron chi connectivity index (χ2n) is 12.8. The predicted octanol–water partition coefficient (Wildman–Crippen LogP) is 8.09.